The maximum absolute atomic E-state index is 4.23. The first-order chi connectivity index (χ1) is 7.66. The summed E-state index contributed by atoms with van der Waals surface area (Å²) in [6, 6.07) is 6.40. The number of imidazole rings is 1. The average molecular weight is 344 g/mol. The number of hydrogen-bond donors (Lipinski definition) is 1. The Morgan fingerprint density at radius 1 is 1.44 bits per heavy atom. The number of aryl methyl sites for hydroxylation is 1. The van der Waals surface area contributed by atoms with E-state index in [1.165, 1.54) is 11.1 Å². The second-order valence-corrected chi connectivity index (χ2v) is 5.68. The van der Waals surface area contributed by atoms with Crippen molar-refractivity contribution in [2.45, 2.75) is 18.2 Å². The monoisotopic (exact) mass is 342 g/mol. The Hall–Kier alpha value is -0.610. The van der Waals surface area contributed by atoms with E-state index in [-0.39, 0.29) is 0 Å². The predicted octanol–water partition coefficient (Wildman–Crippen LogP) is 4.16. The molecule has 0 aliphatic heterocycles. The van der Waals surface area contributed by atoms with E-state index in [9.17, 15) is 0 Å². The van der Waals surface area contributed by atoms with Crippen LogP contribution in [0.1, 0.15) is 21.8 Å². The lowest BCUT2D eigenvalue weighted by Gasteiger charge is -2.10. The second kappa shape index (κ2) is 5.15. The Bertz CT molecular complexity index is 466. The molecule has 84 valence electrons. The van der Waals surface area contributed by atoms with E-state index in [2.05, 4.69) is 67.0 Å². The van der Waals surface area contributed by atoms with Crippen molar-refractivity contribution in [1.82, 2.24) is 9.97 Å². The fraction of sp³-hybridized carbons (Fsp3) is 0.250. The lowest BCUT2D eigenvalue weighted by molar-refractivity contribution is 0.875. The first kappa shape index (κ1) is 11.9. The van der Waals surface area contributed by atoms with Gasteiger partial charge in [-0.3, -0.25) is 0 Å². The molecule has 1 N–H and O–H groups in total. The van der Waals surface area contributed by atoms with Crippen molar-refractivity contribution < 1.29 is 0 Å². The number of halogens is 2. The van der Waals surface area contributed by atoms with Crippen LogP contribution < -0.4 is 0 Å². The SMILES string of the molecule is Cc1cc(C(Br)Cc2ncc[nH]2)ccc1Br. The molecule has 2 nitrogen and oxygen atoms in total. The van der Waals surface area contributed by atoms with Crippen LogP contribution in [-0.4, -0.2) is 9.97 Å². The fourth-order valence-electron chi connectivity index (χ4n) is 1.56. The van der Waals surface area contributed by atoms with Crippen molar-refractivity contribution in [3.05, 3.63) is 52.0 Å². The van der Waals surface area contributed by atoms with Crippen LogP contribution in [0.4, 0.5) is 0 Å². The molecule has 0 spiro atoms. The first-order valence-corrected chi connectivity index (χ1v) is 6.76. The zero-order valence-electron chi connectivity index (χ0n) is 8.87. The molecule has 1 unspecified atom stereocenters. The molecule has 0 fully saturated rings. The number of aromatic nitrogens is 2. The number of nitrogens with one attached hydrogen (secondary N) is 1. The highest BCUT2D eigenvalue weighted by atomic mass is 79.9. The minimum Gasteiger partial charge on any atom is -0.349 e. The summed E-state index contributed by atoms with van der Waals surface area (Å²) in [5, 5.41) is 0. The van der Waals surface area contributed by atoms with Crippen molar-refractivity contribution in [3.8, 4) is 0 Å². The van der Waals surface area contributed by atoms with E-state index in [1.54, 1.807) is 6.20 Å². The van der Waals surface area contributed by atoms with Gasteiger partial charge in [0.05, 0.1) is 0 Å². The third-order valence-electron chi connectivity index (χ3n) is 2.47. The summed E-state index contributed by atoms with van der Waals surface area (Å²) in [7, 11) is 0. The number of hydrogen-bond acceptors (Lipinski definition) is 1. The van der Waals surface area contributed by atoms with Crippen LogP contribution >= 0.6 is 31.9 Å². The molecule has 0 radical (unpaired) electrons. The summed E-state index contributed by atoms with van der Waals surface area (Å²) in [5.41, 5.74) is 2.53. The van der Waals surface area contributed by atoms with Crippen LogP contribution in [-0.2, 0) is 6.42 Å². The van der Waals surface area contributed by atoms with Gasteiger partial charge in [0.25, 0.3) is 0 Å². The molecule has 1 atom stereocenters. The van der Waals surface area contributed by atoms with Gasteiger partial charge in [0.1, 0.15) is 5.82 Å². The minimum absolute atomic E-state index is 0.297. The first-order valence-electron chi connectivity index (χ1n) is 5.05. The zero-order valence-corrected chi connectivity index (χ0v) is 12.0. The molecule has 2 rings (SSSR count). The average Bonchev–Trinajstić information content (AvgIpc) is 2.74. The maximum Gasteiger partial charge on any atom is 0.107 e. The number of nitrogens with zero attached hydrogens (tertiary/aromatic N) is 1. The zero-order chi connectivity index (χ0) is 11.5. The summed E-state index contributed by atoms with van der Waals surface area (Å²) in [6.45, 7) is 2.10. The van der Waals surface area contributed by atoms with Crippen molar-refractivity contribution >= 4 is 31.9 Å². The lowest BCUT2D eigenvalue weighted by Crippen LogP contribution is -1.97. The van der Waals surface area contributed by atoms with Crippen LogP contribution in [0.25, 0.3) is 0 Å². The van der Waals surface area contributed by atoms with Crippen LogP contribution in [0.2, 0.25) is 0 Å². The largest absolute Gasteiger partial charge is 0.349 e. The Morgan fingerprint density at radius 3 is 2.88 bits per heavy atom. The summed E-state index contributed by atoms with van der Waals surface area (Å²) in [5.74, 6) is 1.00. The highest BCUT2D eigenvalue weighted by molar-refractivity contribution is 9.10. The van der Waals surface area contributed by atoms with Gasteiger partial charge in [-0.15, -0.1) is 0 Å². The standard InChI is InChI=1S/C12H12Br2N2/c1-8-6-9(2-3-10(8)13)11(14)7-12-15-4-5-16-12/h2-6,11H,7H2,1H3,(H,15,16). The molecular weight excluding hydrogens is 332 g/mol. The van der Waals surface area contributed by atoms with Crippen molar-refractivity contribution in [2.24, 2.45) is 0 Å². The van der Waals surface area contributed by atoms with Crippen molar-refractivity contribution in [2.75, 3.05) is 0 Å². The number of alkyl halides is 1. The molecular formula is C12H12Br2N2. The van der Waals surface area contributed by atoms with E-state index in [0.717, 1.165) is 16.7 Å². The van der Waals surface area contributed by atoms with E-state index in [0.29, 0.717) is 4.83 Å². The predicted molar refractivity (Wildman–Crippen MR) is 72.8 cm³/mol. The molecule has 1 heterocycles. The molecule has 0 saturated heterocycles. The lowest BCUT2D eigenvalue weighted by atomic mass is 10.1. The van der Waals surface area contributed by atoms with Gasteiger partial charge < -0.3 is 4.98 Å². The van der Waals surface area contributed by atoms with E-state index in [4.69, 9.17) is 0 Å². The molecule has 0 bridgehead atoms. The molecule has 16 heavy (non-hydrogen) atoms. The van der Waals surface area contributed by atoms with Gasteiger partial charge in [-0.05, 0) is 24.1 Å². The van der Waals surface area contributed by atoms with Gasteiger partial charge in [-0.25, -0.2) is 4.98 Å². The van der Waals surface area contributed by atoms with Crippen molar-refractivity contribution in [3.63, 3.8) is 0 Å². The summed E-state index contributed by atoms with van der Waals surface area (Å²) < 4.78 is 1.15. The number of rotatable bonds is 3. The molecule has 0 saturated carbocycles. The Morgan fingerprint density at radius 2 is 2.25 bits per heavy atom. The normalized spacial score (nSPS) is 12.7. The molecule has 1 aromatic carbocycles. The van der Waals surface area contributed by atoms with E-state index >= 15 is 0 Å². The van der Waals surface area contributed by atoms with E-state index < -0.39 is 0 Å². The third-order valence-corrected chi connectivity index (χ3v) is 4.21. The summed E-state index contributed by atoms with van der Waals surface area (Å²) in [6.07, 6.45) is 4.50. The Balaban J connectivity index is 2.14. The smallest absolute Gasteiger partial charge is 0.107 e. The fourth-order valence-corrected chi connectivity index (χ4v) is 2.40. The molecule has 1 aromatic heterocycles. The second-order valence-electron chi connectivity index (χ2n) is 3.72. The molecule has 0 amide bonds. The maximum atomic E-state index is 4.23. The van der Waals surface area contributed by atoms with Gasteiger partial charge in [-0.2, -0.15) is 0 Å². The van der Waals surface area contributed by atoms with Crippen LogP contribution in [0.3, 0.4) is 0 Å². The van der Waals surface area contributed by atoms with Gasteiger partial charge in [-0.1, -0.05) is 44.0 Å². The topological polar surface area (TPSA) is 28.7 Å². The van der Waals surface area contributed by atoms with E-state index in [1.807, 2.05) is 6.20 Å². The van der Waals surface area contributed by atoms with Gasteiger partial charge in [0, 0.05) is 28.1 Å². The number of aromatic amines is 1. The highest BCUT2D eigenvalue weighted by Gasteiger charge is 2.10. The van der Waals surface area contributed by atoms with Gasteiger partial charge in [0.2, 0.25) is 0 Å². The van der Waals surface area contributed by atoms with Gasteiger partial charge >= 0.3 is 0 Å². The van der Waals surface area contributed by atoms with Crippen LogP contribution in [0.15, 0.2) is 35.1 Å². The quantitative estimate of drug-likeness (QED) is 0.833. The number of H-pyrrole nitrogens is 1. The summed E-state index contributed by atoms with van der Waals surface area (Å²) >= 11 is 7.20. The molecule has 2 aromatic rings. The van der Waals surface area contributed by atoms with Crippen LogP contribution in [0, 0.1) is 6.92 Å². The number of benzene rings is 1. The third kappa shape index (κ3) is 2.74. The summed E-state index contributed by atoms with van der Waals surface area (Å²) in [4.78, 5) is 7.64. The Kier molecular flexibility index (Phi) is 3.82. The van der Waals surface area contributed by atoms with Gasteiger partial charge in [0.15, 0.2) is 0 Å². The molecule has 4 heteroatoms. The van der Waals surface area contributed by atoms with Crippen molar-refractivity contribution in [1.29, 1.82) is 0 Å². The minimum atomic E-state index is 0.297. The molecule has 0 aliphatic rings. The highest BCUT2D eigenvalue weighted by Crippen LogP contribution is 2.28. The Labute approximate surface area is 112 Å². The van der Waals surface area contributed by atoms with Crippen LogP contribution in [0.5, 0.6) is 0 Å². The molecule has 0 aliphatic carbocycles.